The molecule has 0 aliphatic carbocycles. The Labute approximate surface area is 104 Å². The summed E-state index contributed by atoms with van der Waals surface area (Å²) < 4.78 is 0. The molecule has 0 fully saturated rings. The van der Waals surface area contributed by atoms with Gasteiger partial charge in [-0.05, 0) is 57.7 Å². The molecule has 0 atom stereocenters. The Balaban J connectivity index is 2.27. The molecule has 2 nitrogen and oxygen atoms in total. The first-order valence-corrected chi connectivity index (χ1v) is 6.08. The Hall–Kier alpha value is -0.570. The van der Waals surface area contributed by atoms with Gasteiger partial charge in [-0.3, -0.25) is 0 Å². The number of halogens is 1. The molecule has 0 saturated carbocycles. The molecule has 1 rings (SSSR count). The highest BCUT2D eigenvalue weighted by molar-refractivity contribution is 6.31. The fourth-order valence-electron chi connectivity index (χ4n) is 1.54. The molecule has 16 heavy (non-hydrogen) atoms. The lowest BCUT2D eigenvalue weighted by Crippen LogP contribution is -2.21. The highest BCUT2D eigenvalue weighted by Crippen LogP contribution is 2.17. The van der Waals surface area contributed by atoms with Crippen LogP contribution in [0.25, 0.3) is 0 Å². The van der Waals surface area contributed by atoms with E-state index >= 15 is 0 Å². The average Bonchev–Trinajstić information content (AvgIpc) is 2.20. The van der Waals surface area contributed by atoms with Crippen LogP contribution in [-0.4, -0.2) is 32.1 Å². The van der Waals surface area contributed by atoms with Gasteiger partial charge in [0, 0.05) is 11.6 Å². The molecule has 0 unspecified atom stereocenters. The number of benzene rings is 1. The predicted molar refractivity (Wildman–Crippen MR) is 71.1 cm³/mol. The number of nitrogens with zero attached hydrogens (tertiary/aromatic N) is 1. The summed E-state index contributed by atoms with van der Waals surface area (Å²) in [6.07, 6.45) is 1.16. The first-order chi connectivity index (χ1) is 7.59. The lowest BCUT2D eigenvalue weighted by Gasteiger charge is -2.10. The quantitative estimate of drug-likeness (QED) is 0.770. The van der Waals surface area contributed by atoms with Gasteiger partial charge in [0.25, 0.3) is 0 Å². The first kappa shape index (κ1) is 13.5. The van der Waals surface area contributed by atoms with Crippen LogP contribution in [0.4, 0.5) is 0 Å². The van der Waals surface area contributed by atoms with E-state index in [-0.39, 0.29) is 0 Å². The summed E-state index contributed by atoms with van der Waals surface area (Å²) in [4.78, 5) is 2.19. The second-order valence-corrected chi connectivity index (χ2v) is 4.84. The molecule has 0 heterocycles. The molecule has 3 heteroatoms. The number of rotatable bonds is 6. The molecule has 0 spiro atoms. The third kappa shape index (κ3) is 4.97. The Bertz CT molecular complexity index is 324. The van der Waals surface area contributed by atoms with Gasteiger partial charge < -0.3 is 10.2 Å². The third-order valence-electron chi connectivity index (χ3n) is 2.48. The van der Waals surface area contributed by atoms with E-state index in [1.165, 1.54) is 11.1 Å². The van der Waals surface area contributed by atoms with E-state index in [0.717, 1.165) is 31.1 Å². The van der Waals surface area contributed by atoms with Gasteiger partial charge in [-0.1, -0.05) is 23.7 Å². The minimum atomic E-state index is 0.854. The van der Waals surface area contributed by atoms with E-state index in [0.29, 0.717) is 0 Å². The topological polar surface area (TPSA) is 15.3 Å². The van der Waals surface area contributed by atoms with Crippen LogP contribution in [0.1, 0.15) is 17.5 Å². The zero-order valence-corrected chi connectivity index (χ0v) is 11.1. The largest absolute Gasteiger partial charge is 0.313 e. The minimum Gasteiger partial charge on any atom is -0.313 e. The molecular weight excluding hydrogens is 220 g/mol. The van der Waals surface area contributed by atoms with Gasteiger partial charge >= 0.3 is 0 Å². The van der Waals surface area contributed by atoms with E-state index < -0.39 is 0 Å². The third-order valence-corrected chi connectivity index (χ3v) is 2.83. The molecule has 0 radical (unpaired) electrons. The molecule has 1 N–H and O–H groups in total. The highest BCUT2D eigenvalue weighted by Gasteiger charge is 1.99. The summed E-state index contributed by atoms with van der Waals surface area (Å²) >= 11 is 6.14. The van der Waals surface area contributed by atoms with E-state index in [1.807, 2.05) is 6.07 Å². The number of hydrogen-bond acceptors (Lipinski definition) is 2. The van der Waals surface area contributed by atoms with Crippen molar-refractivity contribution in [2.24, 2.45) is 0 Å². The highest BCUT2D eigenvalue weighted by atomic mass is 35.5. The number of hydrogen-bond donors (Lipinski definition) is 1. The van der Waals surface area contributed by atoms with Crippen molar-refractivity contribution in [3.63, 3.8) is 0 Å². The molecule has 0 aromatic heterocycles. The fourth-order valence-corrected chi connectivity index (χ4v) is 1.84. The van der Waals surface area contributed by atoms with Gasteiger partial charge in [-0.15, -0.1) is 0 Å². The van der Waals surface area contributed by atoms with Crippen molar-refractivity contribution in [3.05, 3.63) is 34.3 Å². The van der Waals surface area contributed by atoms with Gasteiger partial charge in [0.05, 0.1) is 0 Å². The molecule has 0 bridgehead atoms. The van der Waals surface area contributed by atoms with Crippen molar-refractivity contribution in [2.45, 2.75) is 19.9 Å². The summed E-state index contributed by atoms with van der Waals surface area (Å²) in [6, 6.07) is 6.21. The maximum absolute atomic E-state index is 6.14. The SMILES string of the molecule is Cc1ccc(CNCCCN(C)C)c(Cl)c1. The van der Waals surface area contributed by atoms with E-state index in [1.54, 1.807) is 0 Å². The molecule has 0 aliphatic heterocycles. The molecular formula is C13H21ClN2. The van der Waals surface area contributed by atoms with Crippen LogP contribution >= 0.6 is 11.6 Å². The lowest BCUT2D eigenvalue weighted by atomic mass is 10.1. The second-order valence-electron chi connectivity index (χ2n) is 4.43. The Morgan fingerprint density at radius 2 is 2.06 bits per heavy atom. The molecule has 0 aliphatic rings. The van der Waals surface area contributed by atoms with Crippen molar-refractivity contribution in [1.82, 2.24) is 10.2 Å². The molecule has 0 saturated heterocycles. The second kappa shape index (κ2) is 6.89. The fraction of sp³-hybridized carbons (Fsp3) is 0.538. The smallest absolute Gasteiger partial charge is 0.0453 e. The molecule has 1 aromatic rings. The minimum absolute atomic E-state index is 0.854. The molecule has 90 valence electrons. The van der Waals surface area contributed by atoms with Gasteiger partial charge in [0.15, 0.2) is 0 Å². The van der Waals surface area contributed by atoms with Crippen LogP contribution < -0.4 is 5.32 Å². The van der Waals surface area contributed by atoms with Crippen molar-refractivity contribution < 1.29 is 0 Å². The van der Waals surface area contributed by atoms with Crippen molar-refractivity contribution in [2.75, 3.05) is 27.2 Å². The van der Waals surface area contributed by atoms with Gasteiger partial charge in [-0.25, -0.2) is 0 Å². The van der Waals surface area contributed by atoms with Crippen LogP contribution in [0, 0.1) is 6.92 Å². The maximum atomic E-state index is 6.14. The zero-order chi connectivity index (χ0) is 12.0. The summed E-state index contributed by atoms with van der Waals surface area (Å²) in [6.45, 7) is 5.06. The van der Waals surface area contributed by atoms with Crippen LogP contribution in [0.2, 0.25) is 5.02 Å². The van der Waals surface area contributed by atoms with Crippen LogP contribution in [0.5, 0.6) is 0 Å². The molecule has 0 amide bonds. The first-order valence-electron chi connectivity index (χ1n) is 5.70. The zero-order valence-electron chi connectivity index (χ0n) is 10.4. The van der Waals surface area contributed by atoms with Gasteiger partial charge in [0.2, 0.25) is 0 Å². The van der Waals surface area contributed by atoms with Gasteiger partial charge in [0.1, 0.15) is 0 Å². The summed E-state index contributed by atoms with van der Waals surface area (Å²) in [7, 11) is 4.19. The Kier molecular flexibility index (Phi) is 5.81. The van der Waals surface area contributed by atoms with Gasteiger partial charge in [-0.2, -0.15) is 0 Å². The standard InChI is InChI=1S/C13H21ClN2/c1-11-5-6-12(13(14)9-11)10-15-7-4-8-16(2)3/h5-6,9,15H,4,7-8,10H2,1-3H3. The average molecular weight is 241 g/mol. The van der Waals surface area contributed by atoms with Crippen molar-refractivity contribution >= 4 is 11.6 Å². The van der Waals surface area contributed by atoms with E-state index in [9.17, 15) is 0 Å². The number of nitrogens with one attached hydrogen (secondary N) is 1. The Morgan fingerprint density at radius 1 is 1.31 bits per heavy atom. The van der Waals surface area contributed by atoms with Crippen LogP contribution in [0.15, 0.2) is 18.2 Å². The normalized spacial score (nSPS) is 11.1. The lowest BCUT2D eigenvalue weighted by molar-refractivity contribution is 0.394. The summed E-state index contributed by atoms with van der Waals surface area (Å²) in [5.41, 5.74) is 2.39. The number of aryl methyl sites for hydroxylation is 1. The van der Waals surface area contributed by atoms with Crippen molar-refractivity contribution in [3.8, 4) is 0 Å². The summed E-state index contributed by atoms with van der Waals surface area (Å²) in [5.74, 6) is 0. The molecule has 1 aromatic carbocycles. The predicted octanol–water partition coefficient (Wildman–Crippen LogP) is 2.69. The van der Waals surface area contributed by atoms with E-state index in [2.05, 4.69) is 43.4 Å². The summed E-state index contributed by atoms with van der Waals surface area (Å²) in [5, 5.41) is 4.27. The van der Waals surface area contributed by atoms with Crippen LogP contribution in [-0.2, 0) is 6.54 Å². The van der Waals surface area contributed by atoms with Crippen LogP contribution in [0.3, 0.4) is 0 Å². The maximum Gasteiger partial charge on any atom is 0.0453 e. The van der Waals surface area contributed by atoms with E-state index in [4.69, 9.17) is 11.6 Å². The Morgan fingerprint density at radius 3 is 2.69 bits per heavy atom. The monoisotopic (exact) mass is 240 g/mol. The van der Waals surface area contributed by atoms with Crippen molar-refractivity contribution in [1.29, 1.82) is 0 Å².